The van der Waals surface area contributed by atoms with Crippen molar-refractivity contribution < 1.29 is 9.53 Å². The number of fused-ring (bicyclic) bond motifs is 3. The SMILES string of the molecule is COC1C[C@]2(C)c3nc(-c4cnn(C)c4)n(-c4ccccc4)c3CC[C@H]2[C@H](C)C1=O. The molecular weight excluding hydrogens is 376 g/mol. The van der Waals surface area contributed by atoms with Crippen molar-refractivity contribution in [3.8, 4) is 17.1 Å². The number of hydrogen-bond donors (Lipinski definition) is 0. The molecule has 0 amide bonds. The van der Waals surface area contributed by atoms with Gasteiger partial charge in [0, 0.05) is 43.1 Å². The van der Waals surface area contributed by atoms with Crippen LogP contribution in [-0.4, -0.2) is 38.3 Å². The fourth-order valence-electron chi connectivity index (χ4n) is 5.74. The highest BCUT2D eigenvalue weighted by Crippen LogP contribution is 2.52. The Kier molecular flexibility index (Phi) is 4.43. The molecule has 2 aliphatic rings. The molecule has 0 radical (unpaired) electrons. The van der Waals surface area contributed by atoms with E-state index in [9.17, 15) is 4.79 Å². The second kappa shape index (κ2) is 6.91. The van der Waals surface area contributed by atoms with E-state index < -0.39 is 0 Å². The van der Waals surface area contributed by atoms with Gasteiger partial charge >= 0.3 is 0 Å². The van der Waals surface area contributed by atoms with Crippen LogP contribution in [-0.2, 0) is 28.4 Å². The summed E-state index contributed by atoms with van der Waals surface area (Å²) in [5, 5.41) is 4.38. The first-order valence-corrected chi connectivity index (χ1v) is 10.7. The molecule has 2 aromatic heterocycles. The fraction of sp³-hybridized carbons (Fsp3) is 0.458. The number of ketones is 1. The summed E-state index contributed by atoms with van der Waals surface area (Å²) in [5.74, 6) is 1.41. The van der Waals surface area contributed by atoms with Crippen LogP contribution in [0.2, 0.25) is 0 Å². The number of carbonyl (C=O) groups excluding carboxylic acids is 1. The first-order chi connectivity index (χ1) is 14.4. The van der Waals surface area contributed by atoms with Crippen molar-refractivity contribution in [3.63, 3.8) is 0 Å². The van der Waals surface area contributed by atoms with Gasteiger partial charge in [-0.1, -0.05) is 32.0 Å². The maximum absolute atomic E-state index is 12.8. The number of hydrogen-bond acceptors (Lipinski definition) is 4. The van der Waals surface area contributed by atoms with Crippen molar-refractivity contribution >= 4 is 5.78 Å². The minimum absolute atomic E-state index is 0.0226. The van der Waals surface area contributed by atoms with Gasteiger partial charge in [-0.05, 0) is 37.3 Å². The van der Waals surface area contributed by atoms with Gasteiger partial charge in [-0.25, -0.2) is 4.98 Å². The molecule has 5 rings (SSSR count). The van der Waals surface area contributed by atoms with Crippen LogP contribution in [0.1, 0.15) is 38.1 Å². The summed E-state index contributed by atoms with van der Waals surface area (Å²) in [6.45, 7) is 4.34. The smallest absolute Gasteiger partial charge is 0.164 e. The third kappa shape index (κ3) is 2.70. The number of methoxy groups -OCH3 is 1. The van der Waals surface area contributed by atoms with Gasteiger partial charge in [0.05, 0.1) is 17.5 Å². The van der Waals surface area contributed by atoms with E-state index in [0.29, 0.717) is 6.42 Å². The highest BCUT2D eigenvalue weighted by atomic mass is 16.5. The number of imidazole rings is 1. The first kappa shape index (κ1) is 19.2. The Morgan fingerprint density at radius 3 is 2.67 bits per heavy atom. The van der Waals surface area contributed by atoms with Crippen molar-refractivity contribution in [3.05, 3.63) is 54.1 Å². The van der Waals surface area contributed by atoms with Crippen molar-refractivity contribution in [1.82, 2.24) is 19.3 Å². The van der Waals surface area contributed by atoms with Gasteiger partial charge in [-0.15, -0.1) is 0 Å². The van der Waals surface area contributed by atoms with Crippen LogP contribution in [0.3, 0.4) is 0 Å². The van der Waals surface area contributed by atoms with Crippen LogP contribution >= 0.6 is 0 Å². The van der Waals surface area contributed by atoms with E-state index in [-0.39, 0.29) is 29.1 Å². The van der Waals surface area contributed by atoms with Crippen LogP contribution in [0.4, 0.5) is 0 Å². The fourth-order valence-corrected chi connectivity index (χ4v) is 5.74. The zero-order valence-electron chi connectivity index (χ0n) is 18.0. The summed E-state index contributed by atoms with van der Waals surface area (Å²) in [6.07, 6.45) is 6.10. The Morgan fingerprint density at radius 2 is 2.00 bits per heavy atom. The van der Waals surface area contributed by atoms with Gasteiger partial charge in [-0.3, -0.25) is 14.0 Å². The minimum Gasteiger partial charge on any atom is -0.374 e. The van der Waals surface area contributed by atoms with Gasteiger partial charge in [-0.2, -0.15) is 5.10 Å². The molecule has 6 heteroatoms. The van der Waals surface area contributed by atoms with Crippen LogP contribution in [0.5, 0.6) is 0 Å². The molecule has 0 saturated heterocycles. The summed E-state index contributed by atoms with van der Waals surface area (Å²) in [4.78, 5) is 18.1. The normalized spacial score (nSPS) is 28.3. The van der Waals surface area contributed by atoms with Crippen LogP contribution < -0.4 is 0 Å². The highest BCUT2D eigenvalue weighted by Gasteiger charge is 2.53. The molecule has 1 saturated carbocycles. The Balaban J connectivity index is 1.73. The summed E-state index contributed by atoms with van der Waals surface area (Å²) in [7, 11) is 3.57. The van der Waals surface area contributed by atoms with E-state index >= 15 is 0 Å². The minimum atomic E-state index is -0.365. The number of aryl methyl sites for hydroxylation is 1. The van der Waals surface area contributed by atoms with Crippen LogP contribution in [0, 0.1) is 11.8 Å². The van der Waals surface area contributed by atoms with E-state index in [1.54, 1.807) is 7.11 Å². The molecular formula is C24H28N4O2. The quantitative estimate of drug-likeness (QED) is 0.668. The Morgan fingerprint density at radius 1 is 1.23 bits per heavy atom. The highest BCUT2D eigenvalue weighted by molar-refractivity contribution is 5.87. The average molecular weight is 405 g/mol. The van der Waals surface area contributed by atoms with E-state index in [0.717, 1.165) is 35.6 Å². The van der Waals surface area contributed by atoms with Crippen molar-refractivity contribution in [1.29, 1.82) is 0 Å². The van der Waals surface area contributed by atoms with Gasteiger partial charge in [0.15, 0.2) is 5.78 Å². The molecule has 0 spiro atoms. The van der Waals surface area contributed by atoms with Gasteiger partial charge in [0.2, 0.25) is 0 Å². The van der Waals surface area contributed by atoms with E-state index in [1.165, 1.54) is 5.69 Å². The van der Waals surface area contributed by atoms with Gasteiger partial charge in [0.1, 0.15) is 11.9 Å². The number of para-hydroxylation sites is 1. The zero-order valence-corrected chi connectivity index (χ0v) is 18.0. The Labute approximate surface area is 176 Å². The summed E-state index contributed by atoms with van der Waals surface area (Å²) < 4.78 is 9.71. The van der Waals surface area contributed by atoms with E-state index in [4.69, 9.17) is 9.72 Å². The molecule has 3 aromatic rings. The number of nitrogens with zero attached hydrogens (tertiary/aromatic N) is 4. The standard InChI is InChI=1S/C24H28N4O2/c1-15-18-10-11-19-22(24(18,2)12-20(30-4)21(15)29)26-23(16-13-25-27(3)14-16)28(19)17-8-6-5-7-9-17/h5-9,13-15,18,20H,10-12H2,1-4H3/t15-,18-,20?,24-/m0/s1. The Hall–Kier alpha value is -2.73. The lowest BCUT2D eigenvalue weighted by Crippen LogP contribution is -2.53. The molecule has 0 bridgehead atoms. The molecule has 4 atom stereocenters. The van der Waals surface area contributed by atoms with Crippen molar-refractivity contribution in [2.45, 2.75) is 44.6 Å². The lowest BCUT2D eigenvalue weighted by molar-refractivity contribution is -0.143. The lowest BCUT2D eigenvalue weighted by atomic mass is 9.56. The van der Waals surface area contributed by atoms with Gasteiger partial charge < -0.3 is 4.74 Å². The van der Waals surface area contributed by atoms with E-state index in [2.05, 4.69) is 47.8 Å². The summed E-state index contributed by atoms with van der Waals surface area (Å²) >= 11 is 0. The monoisotopic (exact) mass is 404 g/mol. The number of ether oxygens (including phenoxy) is 1. The number of aromatic nitrogens is 4. The number of rotatable bonds is 3. The predicted molar refractivity (Wildman–Crippen MR) is 115 cm³/mol. The molecule has 156 valence electrons. The molecule has 1 aromatic carbocycles. The van der Waals surface area contributed by atoms with Crippen molar-refractivity contribution in [2.24, 2.45) is 18.9 Å². The summed E-state index contributed by atoms with van der Waals surface area (Å²) in [6, 6.07) is 10.4. The van der Waals surface area contributed by atoms with Gasteiger partial charge in [0.25, 0.3) is 0 Å². The first-order valence-electron chi connectivity index (χ1n) is 10.7. The molecule has 0 aliphatic heterocycles. The molecule has 6 nitrogen and oxygen atoms in total. The maximum Gasteiger partial charge on any atom is 0.164 e. The third-order valence-corrected chi connectivity index (χ3v) is 7.27. The number of benzene rings is 1. The number of carbonyl (C=O) groups is 1. The lowest BCUT2D eigenvalue weighted by Gasteiger charge is -2.49. The van der Waals surface area contributed by atoms with Crippen molar-refractivity contribution in [2.75, 3.05) is 7.11 Å². The molecule has 2 heterocycles. The molecule has 30 heavy (non-hydrogen) atoms. The van der Waals surface area contributed by atoms with E-state index in [1.807, 2.05) is 30.2 Å². The zero-order chi connectivity index (χ0) is 21.0. The largest absolute Gasteiger partial charge is 0.374 e. The predicted octanol–water partition coefficient (Wildman–Crippen LogP) is 3.72. The Bertz CT molecular complexity index is 1100. The summed E-state index contributed by atoms with van der Waals surface area (Å²) in [5.41, 5.74) is 4.27. The average Bonchev–Trinajstić information content (AvgIpc) is 3.35. The maximum atomic E-state index is 12.8. The molecule has 0 N–H and O–H groups in total. The second-order valence-electron chi connectivity index (χ2n) is 8.99. The molecule has 2 aliphatic carbocycles. The van der Waals surface area contributed by atoms with Crippen LogP contribution in [0.25, 0.3) is 17.1 Å². The number of Topliss-reactive ketones (excluding diaryl/α,β-unsaturated/α-hetero) is 1. The third-order valence-electron chi connectivity index (χ3n) is 7.27. The molecule has 1 unspecified atom stereocenters. The molecule has 1 fully saturated rings. The van der Waals surface area contributed by atoms with Crippen LogP contribution in [0.15, 0.2) is 42.7 Å². The topological polar surface area (TPSA) is 61.9 Å². The second-order valence-corrected chi connectivity index (χ2v) is 8.99.